The first-order chi connectivity index (χ1) is 19.7. The summed E-state index contributed by atoms with van der Waals surface area (Å²) in [7, 11) is 1.64. The maximum absolute atomic E-state index is 14.6. The lowest BCUT2D eigenvalue weighted by Crippen LogP contribution is -2.43. The fourth-order valence-electron chi connectivity index (χ4n) is 6.23. The molecule has 2 aromatic carbocycles. The highest BCUT2D eigenvalue weighted by molar-refractivity contribution is 5.99. The second-order valence-electron chi connectivity index (χ2n) is 12.2. The van der Waals surface area contributed by atoms with Crippen LogP contribution >= 0.6 is 0 Å². The molecule has 0 radical (unpaired) electrons. The van der Waals surface area contributed by atoms with E-state index < -0.39 is 17.1 Å². The molecule has 0 bridgehead atoms. The Bertz CT molecular complexity index is 1310. The Morgan fingerprint density at radius 1 is 0.951 bits per heavy atom. The Kier molecular flexibility index (Phi) is 8.34. The third kappa shape index (κ3) is 6.39. The first kappa shape index (κ1) is 28.7. The molecular weight excluding hydrogens is 516 g/mol. The first-order valence-electron chi connectivity index (χ1n) is 14.5. The molecule has 1 aliphatic heterocycles. The van der Waals surface area contributed by atoms with E-state index in [4.69, 9.17) is 14.2 Å². The largest absolute Gasteiger partial charge is 0.493 e. The summed E-state index contributed by atoms with van der Waals surface area (Å²) < 4.78 is 17.8. The maximum Gasteiger partial charge on any atom is 0.417 e. The van der Waals surface area contributed by atoms with Crippen LogP contribution in [0.5, 0.6) is 11.5 Å². The van der Waals surface area contributed by atoms with E-state index in [-0.39, 0.29) is 24.5 Å². The van der Waals surface area contributed by atoms with Crippen LogP contribution in [0.4, 0.5) is 4.79 Å². The minimum Gasteiger partial charge on any atom is -0.493 e. The lowest BCUT2D eigenvalue weighted by Gasteiger charge is -2.34. The third-order valence-corrected chi connectivity index (χ3v) is 8.13. The summed E-state index contributed by atoms with van der Waals surface area (Å²) in [6.45, 7) is 5.65. The molecule has 3 aromatic rings. The van der Waals surface area contributed by atoms with Gasteiger partial charge >= 0.3 is 6.09 Å². The van der Waals surface area contributed by atoms with Gasteiger partial charge in [0.25, 0.3) is 0 Å². The predicted molar refractivity (Wildman–Crippen MR) is 157 cm³/mol. The van der Waals surface area contributed by atoms with Gasteiger partial charge in [-0.25, -0.2) is 9.69 Å². The highest BCUT2D eigenvalue weighted by atomic mass is 16.6. The van der Waals surface area contributed by atoms with Crippen molar-refractivity contribution in [2.45, 2.75) is 76.9 Å². The molecule has 2 fully saturated rings. The summed E-state index contributed by atoms with van der Waals surface area (Å²) in [5, 5.41) is 0. The molecule has 1 aliphatic carbocycles. The molecule has 1 saturated heterocycles. The number of ether oxygens (including phenoxy) is 3. The van der Waals surface area contributed by atoms with Gasteiger partial charge in [0.05, 0.1) is 18.6 Å². The molecule has 216 valence electrons. The molecule has 7 heteroatoms. The standard InChI is InChI=1S/C34H40N2O5/c1-33(2,3)41-32(38)36-23-28(26-14-15-29(39-4)30(20-26)40-27-12-8-9-13-27)34(31(36)37,21-24-10-6-5-7-11-24)22-25-16-18-35-19-17-25/h5-7,10-11,14-20,27-28H,8-9,12-13,21-23H2,1-4H3. The minimum absolute atomic E-state index is 0.147. The van der Waals surface area contributed by atoms with Crippen LogP contribution in [0.1, 0.15) is 69.1 Å². The SMILES string of the molecule is COc1ccc(C2CN(C(=O)OC(C)(C)C)C(=O)C2(Cc2ccccc2)Cc2ccncc2)cc1OC1CCCC1. The molecule has 5 rings (SSSR count). The summed E-state index contributed by atoms with van der Waals surface area (Å²) >= 11 is 0. The fraction of sp³-hybridized carbons (Fsp3) is 0.441. The van der Waals surface area contributed by atoms with E-state index in [1.165, 1.54) is 4.90 Å². The lowest BCUT2D eigenvalue weighted by atomic mass is 9.67. The number of imide groups is 1. The van der Waals surface area contributed by atoms with E-state index in [0.717, 1.165) is 42.4 Å². The fourth-order valence-corrected chi connectivity index (χ4v) is 6.23. The van der Waals surface area contributed by atoms with Crippen LogP contribution in [-0.2, 0) is 22.4 Å². The molecule has 2 unspecified atom stereocenters. The number of hydrogen-bond donors (Lipinski definition) is 0. The third-order valence-electron chi connectivity index (χ3n) is 8.13. The molecule has 0 N–H and O–H groups in total. The predicted octanol–water partition coefficient (Wildman–Crippen LogP) is 6.74. The van der Waals surface area contributed by atoms with Crippen molar-refractivity contribution in [3.8, 4) is 11.5 Å². The number of rotatable bonds is 8. The van der Waals surface area contributed by atoms with Crippen molar-refractivity contribution in [1.29, 1.82) is 0 Å². The van der Waals surface area contributed by atoms with Crippen molar-refractivity contribution >= 4 is 12.0 Å². The zero-order valence-electron chi connectivity index (χ0n) is 24.5. The Morgan fingerprint density at radius 3 is 2.24 bits per heavy atom. The molecule has 2 amide bonds. The molecular formula is C34H40N2O5. The van der Waals surface area contributed by atoms with E-state index in [0.29, 0.717) is 24.3 Å². The Hall–Kier alpha value is -3.87. The summed E-state index contributed by atoms with van der Waals surface area (Å²) in [4.78, 5) is 33.5. The highest BCUT2D eigenvalue weighted by Gasteiger charge is 2.56. The zero-order chi connectivity index (χ0) is 29.0. The van der Waals surface area contributed by atoms with Crippen LogP contribution in [0, 0.1) is 5.41 Å². The van der Waals surface area contributed by atoms with Gasteiger partial charge in [0.2, 0.25) is 5.91 Å². The van der Waals surface area contributed by atoms with Crippen LogP contribution in [0.2, 0.25) is 0 Å². The van der Waals surface area contributed by atoms with Gasteiger partial charge in [-0.05, 0) is 100 Å². The minimum atomic E-state index is -0.946. The van der Waals surface area contributed by atoms with Crippen molar-refractivity contribution < 1.29 is 23.8 Å². The number of amides is 2. The van der Waals surface area contributed by atoms with Gasteiger partial charge in [-0.2, -0.15) is 0 Å². The molecule has 0 spiro atoms. The summed E-state index contributed by atoms with van der Waals surface area (Å²) in [5.41, 5.74) is 1.27. The second kappa shape index (κ2) is 11.9. The lowest BCUT2D eigenvalue weighted by molar-refractivity contribution is -0.135. The molecule has 41 heavy (non-hydrogen) atoms. The Balaban J connectivity index is 1.62. The van der Waals surface area contributed by atoms with Gasteiger partial charge < -0.3 is 14.2 Å². The van der Waals surface area contributed by atoms with Gasteiger partial charge in [-0.3, -0.25) is 9.78 Å². The topological polar surface area (TPSA) is 78.0 Å². The quantitative estimate of drug-likeness (QED) is 0.306. The number of pyridine rings is 1. The summed E-state index contributed by atoms with van der Waals surface area (Å²) in [5.74, 6) is 0.800. The van der Waals surface area contributed by atoms with Crippen molar-refractivity contribution in [3.63, 3.8) is 0 Å². The molecule has 2 aliphatic rings. The molecule has 1 saturated carbocycles. The van der Waals surface area contributed by atoms with E-state index in [1.54, 1.807) is 19.5 Å². The van der Waals surface area contributed by atoms with Crippen LogP contribution in [-0.4, -0.2) is 47.2 Å². The summed E-state index contributed by atoms with van der Waals surface area (Å²) in [6.07, 6.45) is 8.26. The highest BCUT2D eigenvalue weighted by Crippen LogP contribution is 2.50. The van der Waals surface area contributed by atoms with Gasteiger partial charge in [-0.15, -0.1) is 0 Å². The van der Waals surface area contributed by atoms with Crippen LogP contribution in [0.15, 0.2) is 73.1 Å². The first-order valence-corrected chi connectivity index (χ1v) is 14.5. The van der Waals surface area contributed by atoms with Crippen molar-refractivity contribution in [2.75, 3.05) is 13.7 Å². The van der Waals surface area contributed by atoms with Gasteiger partial charge in [0.1, 0.15) is 5.60 Å². The van der Waals surface area contributed by atoms with E-state index in [9.17, 15) is 9.59 Å². The van der Waals surface area contributed by atoms with E-state index >= 15 is 0 Å². The number of likely N-dealkylation sites (tertiary alicyclic amines) is 1. The maximum atomic E-state index is 14.6. The van der Waals surface area contributed by atoms with Crippen molar-refractivity contribution in [2.24, 2.45) is 5.41 Å². The second-order valence-corrected chi connectivity index (χ2v) is 12.2. The monoisotopic (exact) mass is 556 g/mol. The number of nitrogens with zero attached hydrogens (tertiary/aromatic N) is 2. The van der Waals surface area contributed by atoms with Crippen molar-refractivity contribution in [1.82, 2.24) is 9.88 Å². The number of hydrogen-bond acceptors (Lipinski definition) is 6. The number of benzene rings is 2. The van der Waals surface area contributed by atoms with Gasteiger partial charge in [0, 0.05) is 24.9 Å². The zero-order valence-corrected chi connectivity index (χ0v) is 24.5. The summed E-state index contributed by atoms with van der Waals surface area (Å²) in [6, 6.07) is 19.8. The van der Waals surface area contributed by atoms with E-state index in [1.807, 2.05) is 81.4 Å². The molecule has 1 aromatic heterocycles. The number of carbonyl (C=O) groups is 2. The number of carbonyl (C=O) groups excluding carboxylic acids is 2. The molecule has 7 nitrogen and oxygen atoms in total. The van der Waals surface area contributed by atoms with Crippen molar-refractivity contribution in [3.05, 3.63) is 89.7 Å². The van der Waals surface area contributed by atoms with Gasteiger partial charge in [-0.1, -0.05) is 36.4 Å². The molecule has 2 heterocycles. The Labute approximate surface area is 242 Å². The number of methoxy groups -OCH3 is 1. The normalized spacial score (nSPS) is 21.2. The van der Waals surface area contributed by atoms with Crippen LogP contribution in [0.25, 0.3) is 0 Å². The smallest absolute Gasteiger partial charge is 0.417 e. The van der Waals surface area contributed by atoms with Crippen LogP contribution < -0.4 is 9.47 Å². The average molecular weight is 557 g/mol. The van der Waals surface area contributed by atoms with Gasteiger partial charge in [0.15, 0.2) is 11.5 Å². The Morgan fingerprint density at radius 2 is 1.61 bits per heavy atom. The molecule has 2 atom stereocenters. The van der Waals surface area contributed by atoms with E-state index in [2.05, 4.69) is 4.98 Å². The van der Waals surface area contributed by atoms with Crippen LogP contribution in [0.3, 0.4) is 0 Å². The number of aromatic nitrogens is 1. The average Bonchev–Trinajstić information content (AvgIpc) is 3.55.